The Hall–Kier alpha value is -1.43. The van der Waals surface area contributed by atoms with Crippen molar-refractivity contribution < 1.29 is 4.90 Å². The first-order valence-corrected chi connectivity index (χ1v) is 10.5. The van der Waals surface area contributed by atoms with Crippen molar-refractivity contribution in [2.24, 2.45) is 0 Å². The molecule has 2 aromatic rings. The number of thiophene rings is 1. The lowest BCUT2D eigenvalue weighted by Gasteiger charge is -2.30. The van der Waals surface area contributed by atoms with Gasteiger partial charge in [0.25, 0.3) is 0 Å². The van der Waals surface area contributed by atoms with Gasteiger partial charge in [0.2, 0.25) is 0 Å². The molecule has 0 radical (unpaired) electrons. The Bertz CT molecular complexity index is 636. The summed E-state index contributed by atoms with van der Waals surface area (Å²) < 4.78 is 0. The van der Waals surface area contributed by atoms with Gasteiger partial charge in [-0.3, -0.25) is 0 Å². The fraction of sp³-hybridized carbons (Fsp3) is 0.450. The Kier molecular flexibility index (Phi) is 6.84. The van der Waals surface area contributed by atoms with E-state index < -0.39 is 0 Å². The van der Waals surface area contributed by atoms with Crippen molar-refractivity contribution in [1.82, 2.24) is 10.6 Å². The van der Waals surface area contributed by atoms with E-state index in [1.54, 1.807) is 4.90 Å². The zero-order valence-corrected chi connectivity index (χ0v) is 16.5. The largest absolute Gasteiger partial charge is 0.362 e. The minimum absolute atomic E-state index is 0.323. The van der Waals surface area contributed by atoms with Crippen LogP contribution in [0.25, 0.3) is 0 Å². The van der Waals surface area contributed by atoms with Gasteiger partial charge in [0.05, 0.1) is 24.0 Å². The Labute approximate surface area is 160 Å². The summed E-state index contributed by atoms with van der Waals surface area (Å²) in [5.41, 5.74) is 1.34. The number of nitrogens with one attached hydrogen (secondary N) is 3. The van der Waals surface area contributed by atoms with Crippen LogP contribution in [0.1, 0.15) is 36.2 Å². The molecule has 0 spiro atoms. The summed E-state index contributed by atoms with van der Waals surface area (Å²) in [6, 6.07) is 15.8. The van der Waals surface area contributed by atoms with Crippen LogP contribution in [0.15, 0.2) is 47.8 Å². The van der Waals surface area contributed by atoms with Gasteiger partial charge in [-0.15, -0.1) is 11.3 Å². The molecular weight excluding hydrogens is 346 g/mol. The SMILES string of the molecule is C[C@H](NC(=S)NCCc1ccccc1)[C@@H](c1cccs1)[NH+]1CCCC1. The Balaban J connectivity index is 1.51. The molecule has 0 aliphatic carbocycles. The zero-order valence-electron chi connectivity index (χ0n) is 14.8. The van der Waals surface area contributed by atoms with E-state index in [1.165, 1.54) is 36.4 Å². The van der Waals surface area contributed by atoms with Crippen LogP contribution in [0, 0.1) is 0 Å². The number of thiocarbonyl (C=S) groups is 1. The average molecular weight is 375 g/mol. The Morgan fingerprint density at radius 2 is 1.92 bits per heavy atom. The molecule has 1 aromatic heterocycles. The van der Waals surface area contributed by atoms with Crippen molar-refractivity contribution in [3.05, 3.63) is 58.3 Å². The lowest BCUT2D eigenvalue weighted by Crippen LogP contribution is -3.11. The van der Waals surface area contributed by atoms with E-state index in [0.717, 1.165) is 18.1 Å². The summed E-state index contributed by atoms with van der Waals surface area (Å²) >= 11 is 7.40. The second-order valence-corrected chi connectivity index (χ2v) is 8.17. The number of likely N-dealkylation sites (tertiary alicyclic amines) is 1. The minimum atomic E-state index is 0.323. The monoisotopic (exact) mass is 374 g/mol. The third kappa shape index (κ3) is 5.27. The van der Waals surface area contributed by atoms with Gasteiger partial charge in [0.1, 0.15) is 6.04 Å². The third-order valence-electron chi connectivity index (χ3n) is 4.94. The van der Waals surface area contributed by atoms with Crippen molar-refractivity contribution in [2.45, 2.75) is 38.3 Å². The van der Waals surface area contributed by atoms with Gasteiger partial charge in [0, 0.05) is 19.4 Å². The molecule has 1 fully saturated rings. The smallest absolute Gasteiger partial charge is 0.166 e. The van der Waals surface area contributed by atoms with Crippen molar-refractivity contribution in [3.8, 4) is 0 Å². The Morgan fingerprint density at radius 1 is 1.16 bits per heavy atom. The van der Waals surface area contributed by atoms with Gasteiger partial charge in [0.15, 0.2) is 5.11 Å². The van der Waals surface area contributed by atoms with Gasteiger partial charge in [-0.05, 0) is 42.6 Å². The third-order valence-corrected chi connectivity index (χ3v) is 6.15. The average Bonchev–Trinajstić information content (AvgIpc) is 3.30. The van der Waals surface area contributed by atoms with Crippen molar-refractivity contribution in [1.29, 1.82) is 0 Å². The first-order chi connectivity index (χ1) is 12.2. The molecule has 1 aromatic carbocycles. The van der Waals surface area contributed by atoms with Crippen LogP contribution in [0.2, 0.25) is 0 Å². The molecule has 0 bridgehead atoms. The molecular formula is C20H28N3S2+. The van der Waals surface area contributed by atoms with Gasteiger partial charge >= 0.3 is 0 Å². The topological polar surface area (TPSA) is 28.5 Å². The van der Waals surface area contributed by atoms with E-state index in [-0.39, 0.29) is 0 Å². The van der Waals surface area contributed by atoms with Crippen molar-refractivity contribution in [3.63, 3.8) is 0 Å². The summed E-state index contributed by atoms with van der Waals surface area (Å²) in [5.74, 6) is 0. The molecule has 3 N–H and O–H groups in total. The summed E-state index contributed by atoms with van der Waals surface area (Å²) in [4.78, 5) is 3.15. The van der Waals surface area contributed by atoms with Gasteiger partial charge in [-0.25, -0.2) is 0 Å². The molecule has 0 amide bonds. The summed E-state index contributed by atoms with van der Waals surface area (Å²) in [7, 11) is 0. The maximum atomic E-state index is 5.54. The number of hydrogen-bond donors (Lipinski definition) is 3. The Morgan fingerprint density at radius 3 is 2.60 bits per heavy atom. The zero-order chi connectivity index (χ0) is 17.5. The number of benzene rings is 1. The maximum Gasteiger partial charge on any atom is 0.166 e. The summed E-state index contributed by atoms with van der Waals surface area (Å²) in [6.07, 6.45) is 3.66. The number of quaternary nitrogens is 1. The highest BCUT2D eigenvalue weighted by atomic mass is 32.1. The van der Waals surface area contributed by atoms with Crippen molar-refractivity contribution >= 4 is 28.7 Å². The number of hydrogen-bond acceptors (Lipinski definition) is 2. The van der Waals surface area contributed by atoms with E-state index in [0.29, 0.717) is 12.1 Å². The molecule has 2 atom stereocenters. The summed E-state index contributed by atoms with van der Waals surface area (Å²) in [5, 5.41) is 9.85. The first-order valence-electron chi connectivity index (χ1n) is 9.20. The van der Waals surface area contributed by atoms with Crippen LogP contribution in [-0.4, -0.2) is 30.8 Å². The maximum absolute atomic E-state index is 5.54. The first kappa shape index (κ1) is 18.4. The lowest BCUT2D eigenvalue weighted by molar-refractivity contribution is -0.920. The molecule has 25 heavy (non-hydrogen) atoms. The standard InChI is InChI=1S/C20H27N3S2/c1-16(19(18-10-7-15-25-18)23-13-5-6-14-23)22-20(24)21-12-11-17-8-3-2-4-9-17/h2-4,7-10,15-16,19H,5-6,11-14H2,1H3,(H2,21,22,24)/p+1/t16-,19-/m0/s1. The molecule has 1 aliphatic rings. The van der Waals surface area contributed by atoms with E-state index in [1.807, 2.05) is 11.3 Å². The minimum Gasteiger partial charge on any atom is -0.362 e. The molecule has 5 heteroatoms. The second-order valence-electron chi connectivity index (χ2n) is 6.78. The molecule has 0 saturated carbocycles. The number of rotatable bonds is 7. The van der Waals surface area contributed by atoms with E-state index in [9.17, 15) is 0 Å². The molecule has 2 heterocycles. The van der Waals surface area contributed by atoms with Crippen LogP contribution >= 0.6 is 23.6 Å². The predicted molar refractivity (Wildman–Crippen MR) is 110 cm³/mol. The normalized spacial score (nSPS) is 17.2. The molecule has 1 aliphatic heterocycles. The molecule has 0 unspecified atom stereocenters. The summed E-state index contributed by atoms with van der Waals surface area (Å²) in [6.45, 7) is 5.66. The predicted octanol–water partition coefficient (Wildman–Crippen LogP) is 2.56. The lowest BCUT2D eigenvalue weighted by atomic mass is 10.1. The van der Waals surface area contributed by atoms with Crippen LogP contribution in [-0.2, 0) is 6.42 Å². The highest BCUT2D eigenvalue weighted by molar-refractivity contribution is 7.80. The quantitative estimate of drug-likeness (QED) is 0.651. The molecule has 134 valence electrons. The van der Waals surface area contributed by atoms with Crippen LogP contribution in [0.3, 0.4) is 0 Å². The fourth-order valence-corrected chi connectivity index (χ4v) is 4.99. The van der Waals surface area contributed by atoms with Crippen LogP contribution in [0.5, 0.6) is 0 Å². The highest BCUT2D eigenvalue weighted by Gasteiger charge is 2.33. The van der Waals surface area contributed by atoms with Gasteiger partial charge in [-0.1, -0.05) is 36.4 Å². The van der Waals surface area contributed by atoms with Crippen molar-refractivity contribution in [2.75, 3.05) is 19.6 Å². The van der Waals surface area contributed by atoms with Gasteiger partial charge < -0.3 is 15.5 Å². The van der Waals surface area contributed by atoms with Gasteiger partial charge in [-0.2, -0.15) is 0 Å². The highest BCUT2D eigenvalue weighted by Crippen LogP contribution is 2.20. The van der Waals surface area contributed by atoms with Crippen LogP contribution < -0.4 is 15.5 Å². The molecule has 3 nitrogen and oxygen atoms in total. The molecule has 3 rings (SSSR count). The van der Waals surface area contributed by atoms with E-state index in [4.69, 9.17) is 12.2 Å². The molecule has 1 saturated heterocycles. The fourth-order valence-electron chi connectivity index (χ4n) is 3.72. The van der Waals surface area contributed by atoms with E-state index >= 15 is 0 Å². The second kappa shape index (κ2) is 9.32. The van der Waals surface area contributed by atoms with E-state index in [2.05, 4.69) is 65.4 Å². The van der Waals surface area contributed by atoms with Crippen LogP contribution in [0.4, 0.5) is 0 Å².